The average Bonchev–Trinajstić information content (AvgIpc) is 2.97. The number of anilines is 1. The van der Waals surface area contributed by atoms with Gasteiger partial charge in [0.1, 0.15) is 5.69 Å². The zero-order valence-corrected chi connectivity index (χ0v) is 11.7. The number of hydrogen-bond donors (Lipinski definition) is 1. The molecule has 1 aliphatic rings. The van der Waals surface area contributed by atoms with E-state index in [4.69, 9.17) is 5.73 Å². The van der Waals surface area contributed by atoms with Crippen LogP contribution in [0.2, 0.25) is 0 Å². The van der Waals surface area contributed by atoms with Gasteiger partial charge in [0.05, 0.1) is 12.2 Å². The van der Waals surface area contributed by atoms with Crippen LogP contribution in [0.1, 0.15) is 34.2 Å². The van der Waals surface area contributed by atoms with Crippen LogP contribution in [-0.2, 0) is 6.54 Å². The normalized spacial score (nSPS) is 14.6. The molecular formula is C14H17N3OS. The van der Waals surface area contributed by atoms with Gasteiger partial charge < -0.3 is 15.2 Å². The minimum Gasteiger partial charge on any atom is -0.397 e. The summed E-state index contributed by atoms with van der Waals surface area (Å²) >= 11 is 1.67. The van der Waals surface area contributed by atoms with Crippen LogP contribution in [0, 0.1) is 0 Å². The van der Waals surface area contributed by atoms with E-state index in [1.807, 2.05) is 35.3 Å². The highest BCUT2D eigenvalue weighted by Gasteiger charge is 2.28. The SMILES string of the molecule is CN(Cc1cccs1)C(=O)c1cc(N)cn1C1CC1. The fourth-order valence-electron chi connectivity index (χ4n) is 2.23. The molecule has 2 aromatic heterocycles. The van der Waals surface area contributed by atoms with Gasteiger partial charge in [0.2, 0.25) is 0 Å². The van der Waals surface area contributed by atoms with E-state index in [0.717, 1.165) is 12.8 Å². The van der Waals surface area contributed by atoms with Gasteiger partial charge in [0.15, 0.2) is 0 Å². The summed E-state index contributed by atoms with van der Waals surface area (Å²) in [7, 11) is 1.84. The zero-order chi connectivity index (χ0) is 13.4. The Bertz CT molecular complexity index is 584. The fraction of sp³-hybridized carbons (Fsp3) is 0.357. The maximum atomic E-state index is 12.5. The van der Waals surface area contributed by atoms with Crippen LogP contribution >= 0.6 is 11.3 Å². The van der Waals surface area contributed by atoms with E-state index in [1.54, 1.807) is 22.3 Å². The van der Waals surface area contributed by atoms with Gasteiger partial charge in [-0.3, -0.25) is 4.79 Å². The standard InChI is InChI=1S/C14H17N3OS/c1-16(9-12-3-2-6-19-12)14(18)13-7-10(15)8-17(13)11-4-5-11/h2-3,6-8,11H,4-5,9,15H2,1H3. The van der Waals surface area contributed by atoms with Crippen molar-refractivity contribution in [2.75, 3.05) is 12.8 Å². The number of rotatable bonds is 4. The molecule has 0 aromatic carbocycles. The molecule has 2 aromatic rings. The number of nitrogen functional groups attached to an aromatic ring is 1. The Morgan fingerprint density at radius 2 is 2.37 bits per heavy atom. The highest BCUT2D eigenvalue weighted by Crippen LogP contribution is 2.37. The molecule has 0 aliphatic heterocycles. The number of amides is 1. The van der Waals surface area contributed by atoms with Gasteiger partial charge in [-0.2, -0.15) is 0 Å². The van der Waals surface area contributed by atoms with Crippen molar-refractivity contribution in [3.05, 3.63) is 40.3 Å². The van der Waals surface area contributed by atoms with E-state index >= 15 is 0 Å². The third-order valence-electron chi connectivity index (χ3n) is 3.35. The minimum atomic E-state index is 0.0389. The quantitative estimate of drug-likeness (QED) is 0.932. The van der Waals surface area contributed by atoms with E-state index in [-0.39, 0.29) is 5.91 Å². The van der Waals surface area contributed by atoms with E-state index < -0.39 is 0 Å². The summed E-state index contributed by atoms with van der Waals surface area (Å²) in [5, 5.41) is 2.03. The van der Waals surface area contributed by atoms with Crippen molar-refractivity contribution in [1.29, 1.82) is 0 Å². The van der Waals surface area contributed by atoms with Crippen molar-refractivity contribution < 1.29 is 4.79 Å². The van der Waals surface area contributed by atoms with Crippen molar-refractivity contribution in [3.8, 4) is 0 Å². The number of thiophene rings is 1. The number of nitrogens with zero attached hydrogens (tertiary/aromatic N) is 2. The highest BCUT2D eigenvalue weighted by molar-refractivity contribution is 7.09. The van der Waals surface area contributed by atoms with Gasteiger partial charge in [-0.05, 0) is 30.4 Å². The van der Waals surface area contributed by atoms with Crippen LogP contribution < -0.4 is 5.73 Å². The first-order valence-corrected chi connectivity index (χ1v) is 7.28. The molecule has 4 nitrogen and oxygen atoms in total. The van der Waals surface area contributed by atoms with E-state index in [1.165, 1.54) is 4.88 Å². The largest absolute Gasteiger partial charge is 0.397 e. The third-order valence-corrected chi connectivity index (χ3v) is 4.21. The summed E-state index contributed by atoms with van der Waals surface area (Å²) in [6.07, 6.45) is 4.16. The highest BCUT2D eigenvalue weighted by atomic mass is 32.1. The van der Waals surface area contributed by atoms with Gasteiger partial charge in [-0.15, -0.1) is 11.3 Å². The van der Waals surface area contributed by atoms with Crippen molar-refractivity contribution in [2.45, 2.75) is 25.4 Å². The Hall–Kier alpha value is -1.75. The average molecular weight is 275 g/mol. The second-order valence-corrected chi connectivity index (χ2v) is 6.07. The molecule has 2 N–H and O–H groups in total. The first-order chi connectivity index (χ1) is 9.15. The van der Waals surface area contributed by atoms with E-state index in [9.17, 15) is 4.79 Å². The lowest BCUT2D eigenvalue weighted by molar-refractivity contribution is 0.0775. The van der Waals surface area contributed by atoms with Crippen LogP contribution in [0.5, 0.6) is 0 Å². The molecule has 0 saturated heterocycles. The molecular weight excluding hydrogens is 258 g/mol. The number of nitrogens with two attached hydrogens (primary N) is 1. The Kier molecular flexibility index (Phi) is 3.06. The lowest BCUT2D eigenvalue weighted by atomic mass is 10.3. The molecule has 0 spiro atoms. The van der Waals surface area contributed by atoms with Gasteiger partial charge in [0, 0.05) is 24.2 Å². The molecule has 2 heterocycles. The summed E-state index contributed by atoms with van der Waals surface area (Å²) in [4.78, 5) is 15.4. The monoisotopic (exact) mass is 275 g/mol. The second kappa shape index (κ2) is 4.74. The zero-order valence-electron chi connectivity index (χ0n) is 10.9. The molecule has 0 atom stereocenters. The lowest BCUT2D eigenvalue weighted by Gasteiger charge is -2.17. The molecule has 3 rings (SSSR count). The van der Waals surface area contributed by atoms with Gasteiger partial charge in [-0.25, -0.2) is 0 Å². The molecule has 0 bridgehead atoms. The van der Waals surface area contributed by atoms with Crippen LogP contribution in [0.4, 0.5) is 5.69 Å². The van der Waals surface area contributed by atoms with Gasteiger partial charge in [-0.1, -0.05) is 6.07 Å². The van der Waals surface area contributed by atoms with Gasteiger partial charge in [0.25, 0.3) is 5.91 Å². The second-order valence-electron chi connectivity index (χ2n) is 5.04. The Balaban J connectivity index is 1.79. The van der Waals surface area contributed by atoms with Crippen molar-refractivity contribution in [2.24, 2.45) is 0 Å². The number of aromatic nitrogens is 1. The molecule has 100 valence electrons. The number of carbonyl (C=O) groups excluding carboxylic acids is 1. The van der Waals surface area contributed by atoms with E-state index in [2.05, 4.69) is 0 Å². The summed E-state index contributed by atoms with van der Waals surface area (Å²) in [5.74, 6) is 0.0389. The summed E-state index contributed by atoms with van der Waals surface area (Å²) in [5.41, 5.74) is 7.20. The number of hydrogen-bond acceptors (Lipinski definition) is 3. The molecule has 5 heteroatoms. The predicted octanol–water partition coefficient (Wildman–Crippen LogP) is 2.74. The molecule has 1 saturated carbocycles. The fourth-order valence-corrected chi connectivity index (χ4v) is 2.99. The Morgan fingerprint density at radius 1 is 1.58 bits per heavy atom. The maximum Gasteiger partial charge on any atom is 0.270 e. The van der Waals surface area contributed by atoms with Crippen LogP contribution in [0.3, 0.4) is 0 Å². The third kappa shape index (κ3) is 2.51. The summed E-state index contributed by atoms with van der Waals surface area (Å²) in [6.45, 7) is 0.645. The minimum absolute atomic E-state index is 0.0389. The summed E-state index contributed by atoms with van der Waals surface area (Å²) in [6, 6.07) is 6.30. The smallest absolute Gasteiger partial charge is 0.270 e. The van der Waals surface area contributed by atoms with Crippen molar-refractivity contribution >= 4 is 22.9 Å². The van der Waals surface area contributed by atoms with Crippen LogP contribution in [-0.4, -0.2) is 22.4 Å². The van der Waals surface area contributed by atoms with Crippen LogP contribution in [0.15, 0.2) is 29.8 Å². The molecule has 1 aliphatic carbocycles. The summed E-state index contributed by atoms with van der Waals surface area (Å²) < 4.78 is 2.03. The van der Waals surface area contributed by atoms with Gasteiger partial charge >= 0.3 is 0 Å². The first kappa shape index (κ1) is 12.3. The molecule has 1 amide bonds. The van der Waals surface area contributed by atoms with Crippen molar-refractivity contribution in [3.63, 3.8) is 0 Å². The Labute approximate surface area is 116 Å². The van der Waals surface area contributed by atoms with Crippen molar-refractivity contribution in [1.82, 2.24) is 9.47 Å². The lowest BCUT2D eigenvalue weighted by Crippen LogP contribution is -2.27. The molecule has 1 fully saturated rings. The topological polar surface area (TPSA) is 51.3 Å². The number of carbonyl (C=O) groups is 1. The predicted molar refractivity (Wildman–Crippen MR) is 77.2 cm³/mol. The maximum absolute atomic E-state index is 12.5. The van der Waals surface area contributed by atoms with E-state index in [0.29, 0.717) is 24.0 Å². The Morgan fingerprint density at radius 3 is 3.00 bits per heavy atom. The molecule has 0 unspecified atom stereocenters. The van der Waals surface area contributed by atoms with Crippen LogP contribution in [0.25, 0.3) is 0 Å². The first-order valence-electron chi connectivity index (χ1n) is 6.40. The molecule has 0 radical (unpaired) electrons. The molecule has 19 heavy (non-hydrogen) atoms.